The number of benzene rings is 3. The highest BCUT2D eigenvalue weighted by Gasteiger charge is 2.05. The fraction of sp³-hybridized carbons (Fsp3) is 0. The van der Waals surface area contributed by atoms with Gasteiger partial charge in [0.15, 0.2) is 0 Å². The van der Waals surface area contributed by atoms with Gasteiger partial charge < -0.3 is 10.4 Å². The Balaban J connectivity index is 1.74. The van der Waals surface area contributed by atoms with Gasteiger partial charge in [0, 0.05) is 29.7 Å². The SMILES string of the molecule is O=[N+]([O-])c1ccc([O-])c(C=Nc2ccc(Nc3ccccc3)cc2)c1. The van der Waals surface area contributed by atoms with Gasteiger partial charge in [-0.25, -0.2) is 0 Å². The van der Waals surface area contributed by atoms with Gasteiger partial charge in [0.25, 0.3) is 5.69 Å². The molecule has 0 aliphatic carbocycles. The van der Waals surface area contributed by atoms with Crippen LogP contribution in [0.3, 0.4) is 0 Å². The summed E-state index contributed by atoms with van der Waals surface area (Å²) in [6.07, 6.45) is 1.34. The number of non-ortho nitro benzene ring substituents is 1. The molecular weight excluding hydrogens is 318 g/mol. The zero-order chi connectivity index (χ0) is 17.6. The van der Waals surface area contributed by atoms with Crippen molar-refractivity contribution in [3.63, 3.8) is 0 Å². The molecule has 0 aromatic heterocycles. The molecule has 3 aromatic rings. The molecule has 1 N–H and O–H groups in total. The molecular formula is C19H14N3O3-. The van der Waals surface area contributed by atoms with Crippen LogP contribution in [0.25, 0.3) is 0 Å². The third-order valence-corrected chi connectivity index (χ3v) is 3.49. The molecule has 0 spiro atoms. The quantitative estimate of drug-likeness (QED) is 0.431. The molecule has 0 aliphatic rings. The molecule has 0 amide bonds. The predicted octanol–water partition coefficient (Wildman–Crippen LogP) is 4.16. The molecule has 25 heavy (non-hydrogen) atoms. The Hall–Kier alpha value is -3.67. The number of hydrogen-bond donors (Lipinski definition) is 1. The lowest BCUT2D eigenvalue weighted by atomic mass is 10.2. The second-order valence-electron chi connectivity index (χ2n) is 5.28. The summed E-state index contributed by atoms with van der Waals surface area (Å²) in [7, 11) is 0. The highest BCUT2D eigenvalue weighted by Crippen LogP contribution is 2.22. The first kappa shape index (κ1) is 16.2. The normalized spacial score (nSPS) is 10.7. The molecule has 0 unspecified atom stereocenters. The summed E-state index contributed by atoms with van der Waals surface area (Å²) < 4.78 is 0. The highest BCUT2D eigenvalue weighted by atomic mass is 16.6. The molecule has 0 saturated carbocycles. The van der Waals surface area contributed by atoms with E-state index in [1.54, 1.807) is 12.1 Å². The maximum atomic E-state index is 11.7. The van der Waals surface area contributed by atoms with Crippen molar-refractivity contribution in [3.8, 4) is 5.75 Å². The van der Waals surface area contributed by atoms with E-state index in [1.807, 2.05) is 42.5 Å². The smallest absolute Gasteiger partial charge is 0.270 e. The van der Waals surface area contributed by atoms with E-state index in [0.29, 0.717) is 5.69 Å². The topological polar surface area (TPSA) is 90.6 Å². The van der Waals surface area contributed by atoms with Gasteiger partial charge in [0.05, 0.1) is 10.6 Å². The van der Waals surface area contributed by atoms with Crippen LogP contribution in [0.4, 0.5) is 22.7 Å². The van der Waals surface area contributed by atoms with E-state index in [1.165, 1.54) is 24.4 Å². The Kier molecular flexibility index (Phi) is 4.71. The van der Waals surface area contributed by atoms with Crippen molar-refractivity contribution >= 4 is 29.0 Å². The number of nitrogens with zero attached hydrogens (tertiary/aromatic N) is 2. The Bertz CT molecular complexity index is 907. The van der Waals surface area contributed by atoms with Gasteiger partial charge in [-0.1, -0.05) is 30.0 Å². The van der Waals surface area contributed by atoms with E-state index < -0.39 is 4.92 Å². The Morgan fingerprint density at radius 1 is 0.920 bits per heavy atom. The number of hydrogen-bond acceptors (Lipinski definition) is 5. The lowest BCUT2D eigenvalue weighted by molar-refractivity contribution is -0.385. The summed E-state index contributed by atoms with van der Waals surface area (Å²) in [6.45, 7) is 0. The van der Waals surface area contributed by atoms with Gasteiger partial charge >= 0.3 is 0 Å². The van der Waals surface area contributed by atoms with Crippen molar-refractivity contribution in [2.45, 2.75) is 0 Å². The maximum Gasteiger partial charge on any atom is 0.270 e. The minimum absolute atomic E-state index is 0.136. The van der Waals surface area contributed by atoms with Crippen LogP contribution < -0.4 is 10.4 Å². The lowest BCUT2D eigenvalue weighted by Crippen LogP contribution is -1.98. The van der Waals surface area contributed by atoms with E-state index in [-0.39, 0.29) is 17.0 Å². The molecule has 0 bridgehead atoms. The third-order valence-electron chi connectivity index (χ3n) is 3.49. The van der Waals surface area contributed by atoms with Crippen molar-refractivity contribution in [2.75, 3.05) is 5.32 Å². The molecule has 0 fully saturated rings. The summed E-state index contributed by atoms with van der Waals surface area (Å²) in [4.78, 5) is 14.4. The van der Waals surface area contributed by atoms with E-state index in [9.17, 15) is 15.2 Å². The first-order valence-electron chi connectivity index (χ1n) is 7.53. The molecule has 0 radical (unpaired) electrons. The number of nitro benzene ring substituents is 1. The van der Waals surface area contributed by atoms with Gasteiger partial charge in [0.2, 0.25) is 0 Å². The highest BCUT2D eigenvalue weighted by molar-refractivity contribution is 5.86. The summed E-state index contributed by atoms with van der Waals surface area (Å²) in [5, 5.41) is 25.8. The van der Waals surface area contributed by atoms with E-state index >= 15 is 0 Å². The molecule has 6 nitrogen and oxygen atoms in total. The Labute approximate surface area is 144 Å². The largest absolute Gasteiger partial charge is 0.872 e. The van der Waals surface area contributed by atoms with Crippen molar-refractivity contribution in [1.82, 2.24) is 0 Å². The number of nitro groups is 1. The van der Waals surface area contributed by atoms with Crippen LogP contribution in [-0.4, -0.2) is 11.1 Å². The van der Waals surface area contributed by atoms with Crippen LogP contribution in [0.1, 0.15) is 5.56 Å². The summed E-state index contributed by atoms with van der Waals surface area (Å²) in [6, 6.07) is 20.7. The van der Waals surface area contributed by atoms with E-state index in [4.69, 9.17) is 0 Å². The molecule has 3 rings (SSSR count). The van der Waals surface area contributed by atoms with Crippen LogP contribution >= 0.6 is 0 Å². The van der Waals surface area contributed by atoms with Crippen LogP contribution in [0.5, 0.6) is 5.75 Å². The van der Waals surface area contributed by atoms with Crippen LogP contribution in [0.2, 0.25) is 0 Å². The van der Waals surface area contributed by atoms with Gasteiger partial charge in [-0.2, -0.15) is 0 Å². The Morgan fingerprint density at radius 3 is 2.28 bits per heavy atom. The predicted molar refractivity (Wildman–Crippen MR) is 96.0 cm³/mol. The van der Waals surface area contributed by atoms with Gasteiger partial charge in [0.1, 0.15) is 0 Å². The monoisotopic (exact) mass is 332 g/mol. The lowest BCUT2D eigenvalue weighted by Gasteiger charge is -2.09. The number of rotatable bonds is 5. The second kappa shape index (κ2) is 7.27. The second-order valence-corrected chi connectivity index (χ2v) is 5.28. The van der Waals surface area contributed by atoms with Crippen LogP contribution in [-0.2, 0) is 0 Å². The first-order chi connectivity index (χ1) is 12.1. The maximum absolute atomic E-state index is 11.7. The van der Waals surface area contributed by atoms with Gasteiger partial charge in [-0.15, -0.1) is 0 Å². The van der Waals surface area contributed by atoms with Gasteiger partial charge in [-0.3, -0.25) is 15.1 Å². The minimum atomic E-state index is -0.541. The van der Waals surface area contributed by atoms with Crippen molar-refractivity contribution in [2.24, 2.45) is 4.99 Å². The fourth-order valence-electron chi connectivity index (χ4n) is 2.21. The summed E-state index contributed by atoms with van der Waals surface area (Å²) in [5.74, 6) is -0.309. The van der Waals surface area contributed by atoms with Crippen LogP contribution in [0, 0.1) is 10.1 Å². The molecule has 0 saturated heterocycles. The first-order valence-corrected chi connectivity index (χ1v) is 7.53. The standard InChI is InChI=1S/C19H15N3O3/c23-19-11-10-18(22(24)25)12-14(19)13-20-15-6-8-17(9-7-15)21-16-4-2-1-3-5-16/h1-13,21,23H/p-1. The average Bonchev–Trinajstić information content (AvgIpc) is 2.63. The number of aliphatic imine (C=N–C) groups is 1. The summed E-state index contributed by atoms with van der Waals surface area (Å²) >= 11 is 0. The zero-order valence-corrected chi connectivity index (χ0v) is 13.1. The molecule has 124 valence electrons. The molecule has 3 aromatic carbocycles. The fourth-order valence-corrected chi connectivity index (χ4v) is 2.21. The average molecular weight is 332 g/mol. The van der Waals surface area contributed by atoms with Crippen molar-refractivity contribution in [3.05, 3.63) is 88.5 Å². The van der Waals surface area contributed by atoms with Crippen LogP contribution in [0.15, 0.2) is 77.8 Å². The zero-order valence-electron chi connectivity index (χ0n) is 13.1. The molecule has 0 atom stereocenters. The molecule has 0 heterocycles. The minimum Gasteiger partial charge on any atom is -0.872 e. The number of para-hydroxylation sites is 1. The Morgan fingerprint density at radius 2 is 1.60 bits per heavy atom. The molecule has 6 heteroatoms. The number of anilines is 2. The van der Waals surface area contributed by atoms with Crippen molar-refractivity contribution < 1.29 is 10.0 Å². The van der Waals surface area contributed by atoms with E-state index in [2.05, 4.69) is 10.3 Å². The van der Waals surface area contributed by atoms with Crippen molar-refractivity contribution in [1.29, 1.82) is 0 Å². The van der Waals surface area contributed by atoms with E-state index in [0.717, 1.165) is 11.4 Å². The number of nitrogens with one attached hydrogen (secondary N) is 1. The summed E-state index contributed by atoms with van der Waals surface area (Å²) in [5.41, 5.74) is 2.57. The van der Waals surface area contributed by atoms with Gasteiger partial charge in [-0.05, 0) is 42.0 Å². The third kappa shape index (κ3) is 4.20. The molecule has 0 aliphatic heterocycles.